The van der Waals surface area contributed by atoms with Gasteiger partial charge in [0.25, 0.3) is 0 Å². The van der Waals surface area contributed by atoms with Gasteiger partial charge in [-0.2, -0.15) is 11.8 Å². The van der Waals surface area contributed by atoms with Crippen LogP contribution in [0.4, 0.5) is 0 Å². The molecule has 0 spiro atoms. The molecule has 3 heteroatoms. The Bertz CT molecular complexity index is 349. The summed E-state index contributed by atoms with van der Waals surface area (Å²) < 4.78 is 0. The van der Waals surface area contributed by atoms with Gasteiger partial charge in [-0.1, -0.05) is 51.1 Å². The van der Waals surface area contributed by atoms with Gasteiger partial charge in [0, 0.05) is 17.3 Å². The summed E-state index contributed by atoms with van der Waals surface area (Å²) in [5.41, 5.74) is 1.29. The van der Waals surface area contributed by atoms with Crippen molar-refractivity contribution in [2.75, 3.05) is 12.4 Å². The van der Waals surface area contributed by atoms with Crippen molar-refractivity contribution >= 4 is 11.8 Å². The molecule has 2 N–H and O–H groups in total. The molecule has 1 aromatic rings. The maximum Gasteiger partial charge on any atom is 0.0613 e. The van der Waals surface area contributed by atoms with E-state index in [4.69, 9.17) is 0 Å². The van der Waals surface area contributed by atoms with E-state index < -0.39 is 0 Å². The Morgan fingerprint density at radius 3 is 2.50 bits per heavy atom. The lowest BCUT2D eigenvalue weighted by Crippen LogP contribution is -2.51. The van der Waals surface area contributed by atoms with Crippen LogP contribution in [-0.2, 0) is 5.75 Å². The zero-order valence-corrected chi connectivity index (χ0v) is 13.9. The molecule has 1 unspecified atom stereocenters. The van der Waals surface area contributed by atoms with Gasteiger partial charge >= 0.3 is 0 Å². The van der Waals surface area contributed by atoms with E-state index in [-0.39, 0.29) is 12.1 Å². The van der Waals surface area contributed by atoms with Crippen molar-refractivity contribution in [3.63, 3.8) is 0 Å². The van der Waals surface area contributed by atoms with Crippen LogP contribution in [0.5, 0.6) is 0 Å². The van der Waals surface area contributed by atoms with Gasteiger partial charge in [-0.3, -0.25) is 0 Å². The smallest absolute Gasteiger partial charge is 0.0613 e. The standard InChI is InChI=1S/C17H29NOS/c1-4-17(14-19,18-15(2)3)11-8-12-20-13-16-9-6-5-7-10-16/h5-7,9-10,15,18-19H,4,8,11-14H2,1-3H3. The van der Waals surface area contributed by atoms with Gasteiger partial charge in [-0.05, 0) is 30.6 Å². The lowest BCUT2D eigenvalue weighted by Gasteiger charge is -2.34. The summed E-state index contributed by atoms with van der Waals surface area (Å²) in [7, 11) is 0. The first-order valence-electron chi connectivity index (χ1n) is 7.62. The summed E-state index contributed by atoms with van der Waals surface area (Å²) >= 11 is 1.98. The van der Waals surface area contributed by atoms with E-state index in [1.165, 1.54) is 5.56 Å². The maximum atomic E-state index is 9.69. The van der Waals surface area contributed by atoms with Crippen LogP contribution in [-0.4, -0.2) is 29.0 Å². The highest BCUT2D eigenvalue weighted by atomic mass is 32.2. The quantitative estimate of drug-likeness (QED) is 0.643. The molecule has 0 heterocycles. The van der Waals surface area contributed by atoms with Crippen molar-refractivity contribution in [1.29, 1.82) is 0 Å². The summed E-state index contributed by atoms with van der Waals surface area (Å²) in [6.45, 7) is 6.67. The summed E-state index contributed by atoms with van der Waals surface area (Å²) in [6.07, 6.45) is 3.16. The Labute approximate surface area is 128 Å². The number of rotatable bonds is 10. The van der Waals surface area contributed by atoms with Gasteiger partial charge in [0.05, 0.1) is 6.61 Å². The van der Waals surface area contributed by atoms with Gasteiger partial charge < -0.3 is 10.4 Å². The molecule has 1 rings (SSSR count). The highest BCUT2D eigenvalue weighted by Gasteiger charge is 2.26. The number of hydrogen-bond donors (Lipinski definition) is 2. The Morgan fingerprint density at radius 2 is 1.95 bits per heavy atom. The molecule has 0 amide bonds. The number of aliphatic hydroxyl groups is 1. The zero-order chi connectivity index (χ0) is 14.8. The third-order valence-corrected chi connectivity index (χ3v) is 4.74. The Kier molecular flexibility index (Phi) is 8.27. The second-order valence-electron chi connectivity index (χ2n) is 5.73. The SMILES string of the molecule is CCC(CO)(CCCSCc1ccccc1)NC(C)C. The van der Waals surface area contributed by atoms with E-state index >= 15 is 0 Å². The molecule has 0 fully saturated rings. The molecule has 0 saturated carbocycles. The van der Waals surface area contributed by atoms with Crippen molar-refractivity contribution in [2.24, 2.45) is 0 Å². The van der Waals surface area contributed by atoms with Gasteiger partial charge in [-0.15, -0.1) is 0 Å². The molecule has 114 valence electrons. The minimum atomic E-state index is -0.0958. The van der Waals surface area contributed by atoms with E-state index in [1.807, 2.05) is 11.8 Å². The molecule has 0 aromatic heterocycles. The molecule has 1 aromatic carbocycles. The predicted molar refractivity (Wildman–Crippen MR) is 90.2 cm³/mol. The van der Waals surface area contributed by atoms with Crippen molar-refractivity contribution in [3.8, 4) is 0 Å². The van der Waals surface area contributed by atoms with Gasteiger partial charge in [0.15, 0.2) is 0 Å². The average Bonchev–Trinajstić information content (AvgIpc) is 2.46. The minimum absolute atomic E-state index is 0.0958. The number of benzene rings is 1. The second kappa shape index (κ2) is 9.43. The molecule has 0 bridgehead atoms. The molecule has 0 aliphatic carbocycles. The summed E-state index contributed by atoms with van der Waals surface area (Å²) in [6, 6.07) is 11.0. The van der Waals surface area contributed by atoms with Crippen LogP contribution < -0.4 is 5.32 Å². The Hall–Kier alpha value is -0.510. The lowest BCUT2D eigenvalue weighted by atomic mass is 9.91. The molecule has 2 nitrogen and oxygen atoms in total. The van der Waals surface area contributed by atoms with Crippen LogP contribution >= 0.6 is 11.8 Å². The molecule has 1 atom stereocenters. The second-order valence-corrected chi connectivity index (χ2v) is 6.84. The van der Waals surface area contributed by atoms with Crippen LogP contribution in [0.3, 0.4) is 0 Å². The maximum absolute atomic E-state index is 9.69. The number of nitrogens with one attached hydrogen (secondary N) is 1. The molecular formula is C17H29NOS. The zero-order valence-electron chi connectivity index (χ0n) is 13.1. The Balaban J connectivity index is 2.27. The van der Waals surface area contributed by atoms with Crippen LogP contribution in [0.2, 0.25) is 0 Å². The fraction of sp³-hybridized carbons (Fsp3) is 0.647. The first-order chi connectivity index (χ1) is 9.62. The van der Waals surface area contributed by atoms with Gasteiger partial charge in [0.2, 0.25) is 0 Å². The van der Waals surface area contributed by atoms with E-state index in [0.29, 0.717) is 6.04 Å². The number of hydrogen-bond acceptors (Lipinski definition) is 3. The van der Waals surface area contributed by atoms with Crippen LogP contribution in [0, 0.1) is 0 Å². The fourth-order valence-electron chi connectivity index (χ4n) is 2.48. The van der Waals surface area contributed by atoms with Gasteiger partial charge in [0.1, 0.15) is 0 Å². The van der Waals surface area contributed by atoms with E-state index in [1.54, 1.807) is 0 Å². The average molecular weight is 295 g/mol. The van der Waals surface area contributed by atoms with E-state index in [9.17, 15) is 5.11 Å². The van der Waals surface area contributed by atoms with Crippen LogP contribution in [0.25, 0.3) is 0 Å². The molecular weight excluding hydrogens is 266 g/mol. The summed E-state index contributed by atoms with van der Waals surface area (Å²) in [5.74, 6) is 2.23. The third kappa shape index (κ3) is 6.29. The highest BCUT2D eigenvalue weighted by Crippen LogP contribution is 2.21. The lowest BCUT2D eigenvalue weighted by molar-refractivity contribution is 0.137. The summed E-state index contributed by atoms with van der Waals surface area (Å²) in [5, 5.41) is 13.2. The minimum Gasteiger partial charge on any atom is -0.394 e. The number of aliphatic hydroxyl groups excluding tert-OH is 1. The molecule has 20 heavy (non-hydrogen) atoms. The molecule has 0 radical (unpaired) electrons. The van der Waals surface area contributed by atoms with Crippen LogP contribution in [0.15, 0.2) is 30.3 Å². The monoisotopic (exact) mass is 295 g/mol. The Morgan fingerprint density at radius 1 is 1.25 bits per heavy atom. The molecule has 0 aliphatic rings. The summed E-state index contributed by atoms with van der Waals surface area (Å²) in [4.78, 5) is 0. The van der Waals surface area contributed by atoms with Crippen molar-refractivity contribution in [2.45, 2.75) is 57.4 Å². The van der Waals surface area contributed by atoms with Crippen molar-refractivity contribution in [1.82, 2.24) is 5.32 Å². The topological polar surface area (TPSA) is 32.3 Å². The van der Waals surface area contributed by atoms with E-state index in [2.05, 4.69) is 56.4 Å². The normalized spacial score (nSPS) is 14.4. The van der Waals surface area contributed by atoms with Crippen molar-refractivity contribution < 1.29 is 5.11 Å². The first kappa shape index (κ1) is 17.5. The van der Waals surface area contributed by atoms with E-state index in [0.717, 1.165) is 30.8 Å². The highest BCUT2D eigenvalue weighted by molar-refractivity contribution is 7.98. The first-order valence-corrected chi connectivity index (χ1v) is 8.77. The molecule has 0 aliphatic heterocycles. The van der Waals surface area contributed by atoms with Crippen molar-refractivity contribution in [3.05, 3.63) is 35.9 Å². The third-order valence-electron chi connectivity index (χ3n) is 3.63. The molecule has 0 saturated heterocycles. The fourth-order valence-corrected chi connectivity index (χ4v) is 3.40. The number of thioether (sulfide) groups is 1. The predicted octanol–water partition coefficient (Wildman–Crippen LogP) is 3.84. The largest absolute Gasteiger partial charge is 0.394 e. The van der Waals surface area contributed by atoms with Gasteiger partial charge in [-0.25, -0.2) is 0 Å². The van der Waals surface area contributed by atoms with Crippen LogP contribution in [0.1, 0.15) is 45.6 Å².